The van der Waals surface area contributed by atoms with E-state index < -0.39 is 23.4 Å². The molecule has 2 aliphatic heterocycles. The third-order valence-corrected chi connectivity index (χ3v) is 6.38. The van der Waals surface area contributed by atoms with Crippen molar-refractivity contribution in [2.75, 3.05) is 29.9 Å². The van der Waals surface area contributed by atoms with E-state index in [1.54, 1.807) is 6.92 Å². The van der Waals surface area contributed by atoms with Gasteiger partial charge in [0.1, 0.15) is 12.1 Å². The third kappa shape index (κ3) is 4.33. The normalized spacial score (nSPS) is 21.3. The quantitative estimate of drug-likeness (QED) is 0.702. The molecular weight excluding hydrogens is 404 g/mol. The van der Waals surface area contributed by atoms with Crippen LogP contribution in [0.1, 0.15) is 43.7 Å². The highest BCUT2D eigenvalue weighted by Crippen LogP contribution is 2.31. The molecule has 1 unspecified atom stereocenters. The number of carbonyl (C=O) groups is 3. The number of nitrogens with one attached hydrogen (secondary N) is 2. The van der Waals surface area contributed by atoms with E-state index in [-0.39, 0.29) is 6.54 Å². The molecular formula is C25H30N4O3. The molecule has 2 saturated heterocycles. The second-order valence-electron chi connectivity index (χ2n) is 8.76. The number of anilines is 2. The Balaban J connectivity index is 1.40. The molecule has 2 aliphatic rings. The van der Waals surface area contributed by atoms with Crippen LogP contribution in [-0.4, -0.2) is 42.4 Å². The number of amides is 4. The summed E-state index contributed by atoms with van der Waals surface area (Å²) in [7, 11) is 0. The van der Waals surface area contributed by atoms with Gasteiger partial charge in [0.05, 0.1) is 0 Å². The first-order chi connectivity index (χ1) is 15.4. The number of nitrogens with zero attached hydrogens (tertiary/aromatic N) is 2. The molecule has 7 heteroatoms. The summed E-state index contributed by atoms with van der Waals surface area (Å²) in [5.41, 5.74) is 2.23. The van der Waals surface area contributed by atoms with Crippen LogP contribution in [0.4, 0.5) is 16.2 Å². The highest BCUT2D eigenvalue weighted by atomic mass is 16.2. The average Bonchev–Trinajstić information content (AvgIpc) is 2.97. The summed E-state index contributed by atoms with van der Waals surface area (Å²) < 4.78 is 0. The van der Waals surface area contributed by atoms with Gasteiger partial charge in [-0.05, 0) is 62.1 Å². The van der Waals surface area contributed by atoms with Crippen LogP contribution in [-0.2, 0) is 15.1 Å². The lowest BCUT2D eigenvalue weighted by Gasteiger charge is -2.24. The fraction of sp³-hybridized carbons (Fsp3) is 0.400. The number of benzene rings is 2. The summed E-state index contributed by atoms with van der Waals surface area (Å²) in [6, 6.07) is 14.6. The van der Waals surface area contributed by atoms with E-state index in [0.717, 1.165) is 34.8 Å². The monoisotopic (exact) mass is 434 g/mol. The van der Waals surface area contributed by atoms with Crippen molar-refractivity contribution in [3.05, 3.63) is 59.7 Å². The molecule has 0 bridgehead atoms. The molecule has 168 valence electrons. The molecule has 0 aliphatic carbocycles. The summed E-state index contributed by atoms with van der Waals surface area (Å²) in [4.78, 5) is 41.6. The van der Waals surface area contributed by atoms with Crippen molar-refractivity contribution in [2.24, 2.45) is 0 Å². The average molecular weight is 435 g/mol. The minimum absolute atomic E-state index is 0.333. The fourth-order valence-corrected chi connectivity index (χ4v) is 4.59. The van der Waals surface area contributed by atoms with Crippen molar-refractivity contribution < 1.29 is 14.4 Å². The zero-order valence-corrected chi connectivity index (χ0v) is 18.7. The fourth-order valence-electron chi connectivity index (χ4n) is 4.59. The molecule has 7 nitrogen and oxygen atoms in total. The van der Waals surface area contributed by atoms with Crippen LogP contribution in [0, 0.1) is 6.92 Å². The summed E-state index contributed by atoms with van der Waals surface area (Å²) >= 11 is 0. The number of rotatable bonds is 5. The van der Waals surface area contributed by atoms with Crippen molar-refractivity contribution in [3.8, 4) is 0 Å². The van der Waals surface area contributed by atoms with Gasteiger partial charge in [0.25, 0.3) is 5.91 Å². The van der Waals surface area contributed by atoms with Crippen LogP contribution >= 0.6 is 0 Å². The lowest BCUT2D eigenvalue weighted by atomic mass is 9.88. The van der Waals surface area contributed by atoms with Gasteiger partial charge in [-0.3, -0.25) is 14.5 Å². The summed E-state index contributed by atoms with van der Waals surface area (Å²) in [6.07, 6.45) is 4.95. The van der Waals surface area contributed by atoms with Gasteiger partial charge in [0.15, 0.2) is 0 Å². The van der Waals surface area contributed by atoms with Gasteiger partial charge in [0, 0.05) is 24.5 Å². The first-order valence-electron chi connectivity index (χ1n) is 11.2. The number of carbonyl (C=O) groups excluding carboxylic acids is 3. The molecule has 2 heterocycles. The highest BCUT2D eigenvalue weighted by molar-refractivity contribution is 6.10. The topological polar surface area (TPSA) is 81.8 Å². The van der Waals surface area contributed by atoms with Crippen LogP contribution in [0.15, 0.2) is 48.5 Å². The van der Waals surface area contributed by atoms with E-state index in [0.29, 0.717) is 5.69 Å². The van der Waals surface area contributed by atoms with E-state index in [1.165, 1.54) is 25.7 Å². The molecule has 0 spiro atoms. The van der Waals surface area contributed by atoms with Crippen LogP contribution in [0.3, 0.4) is 0 Å². The lowest BCUT2D eigenvalue weighted by molar-refractivity contribution is -0.133. The molecule has 4 amide bonds. The maximum atomic E-state index is 13.1. The van der Waals surface area contributed by atoms with Crippen LogP contribution in [0.25, 0.3) is 0 Å². The van der Waals surface area contributed by atoms with Crippen molar-refractivity contribution >= 4 is 29.2 Å². The first-order valence-corrected chi connectivity index (χ1v) is 11.2. The number of urea groups is 1. The van der Waals surface area contributed by atoms with E-state index in [4.69, 9.17) is 0 Å². The number of hydrogen-bond acceptors (Lipinski definition) is 4. The minimum atomic E-state index is -1.18. The maximum Gasteiger partial charge on any atom is 0.325 e. The molecule has 2 aromatic carbocycles. The van der Waals surface area contributed by atoms with Crippen molar-refractivity contribution in [3.63, 3.8) is 0 Å². The number of hydrogen-bond donors (Lipinski definition) is 2. The van der Waals surface area contributed by atoms with Gasteiger partial charge >= 0.3 is 6.03 Å². The second-order valence-corrected chi connectivity index (χ2v) is 8.76. The summed E-state index contributed by atoms with van der Waals surface area (Å²) in [5, 5.41) is 5.56. The van der Waals surface area contributed by atoms with Gasteiger partial charge in [-0.1, -0.05) is 37.1 Å². The molecule has 2 N–H and O–H groups in total. The molecule has 4 rings (SSSR count). The Morgan fingerprint density at radius 2 is 1.66 bits per heavy atom. The van der Waals surface area contributed by atoms with Gasteiger partial charge < -0.3 is 15.5 Å². The number of imide groups is 1. The third-order valence-electron chi connectivity index (χ3n) is 6.38. The summed E-state index contributed by atoms with van der Waals surface area (Å²) in [6.45, 7) is 5.34. The zero-order valence-electron chi connectivity index (χ0n) is 18.7. The van der Waals surface area contributed by atoms with Gasteiger partial charge in [-0.15, -0.1) is 0 Å². The molecule has 2 aromatic rings. The molecule has 32 heavy (non-hydrogen) atoms. The summed E-state index contributed by atoms with van der Waals surface area (Å²) in [5.74, 6) is -0.839. The van der Waals surface area contributed by atoms with Gasteiger partial charge in [0.2, 0.25) is 5.91 Å². The van der Waals surface area contributed by atoms with Gasteiger partial charge in [-0.2, -0.15) is 0 Å². The second kappa shape index (κ2) is 9.02. The Labute approximate surface area is 188 Å². The Hall–Kier alpha value is -3.35. The standard InChI is InChI=1S/C25H30N4O3/c1-18-9-5-6-10-21(18)25(2)23(31)29(24(32)27-25)17-22(30)26-19-11-13-20(14-12-19)28-15-7-3-4-8-16-28/h5-6,9-14H,3-4,7-8,15-17H2,1-2H3,(H,26,30)(H,27,32). The van der Waals surface area contributed by atoms with Crippen molar-refractivity contribution in [1.29, 1.82) is 0 Å². The molecule has 1 atom stereocenters. The van der Waals surface area contributed by atoms with Crippen LogP contribution in [0.2, 0.25) is 0 Å². The van der Waals surface area contributed by atoms with Crippen LogP contribution < -0.4 is 15.5 Å². The smallest absolute Gasteiger partial charge is 0.325 e. The largest absolute Gasteiger partial charge is 0.372 e. The predicted molar refractivity (Wildman–Crippen MR) is 125 cm³/mol. The Morgan fingerprint density at radius 3 is 2.31 bits per heavy atom. The van der Waals surface area contributed by atoms with E-state index in [1.807, 2.05) is 55.5 Å². The van der Waals surface area contributed by atoms with E-state index in [9.17, 15) is 14.4 Å². The zero-order chi connectivity index (χ0) is 22.7. The van der Waals surface area contributed by atoms with E-state index >= 15 is 0 Å². The Kier molecular flexibility index (Phi) is 6.17. The predicted octanol–water partition coefficient (Wildman–Crippen LogP) is 3.78. The highest BCUT2D eigenvalue weighted by Gasteiger charge is 2.50. The molecule has 0 aromatic heterocycles. The number of aryl methyl sites for hydroxylation is 1. The maximum absolute atomic E-state index is 13.1. The minimum Gasteiger partial charge on any atom is -0.372 e. The van der Waals surface area contributed by atoms with Crippen molar-refractivity contribution in [1.82, 2.24) is 10.2 Å². The van der Waals surface area contributed by atoms with E-state index in [2.05, 4.69) is 15.5 Å². The Morgan fingerprint density at radius 1 is 1.00 bits per heavy atom. The first kappa shape index (κ1) is 21.9. The Bertz CT molecular complexity index is 1010. The molecule has 0 radical (unpaired) electrons. The van der Waals surface area contributed by atoms with Gasteiger partial charge in [-0.25, -0.2) is 4.79 Å². The van der Waals surface area contributed by atoms with Crippen molar-refractivity contribution in [2.45, 2.75) is 45.1 Å². The lowest BCUT2D eigenvalue weighted by Crippen LogP contribution is -2.42. The molecule has 2 fully saturated rings. The van der Waals surface area contributed by atoms with Crippen LogP contribution in [0.5, 0.6) is 0 Å². The SMILES string of the molecule is Cc1ccccc1C1(C)NC(=O)N(CC(=O)Nc2ccc(N3CCCCCC3)cc2)C1=O. The molecule has 0 saturated carbocycles.